The molecule has 0 spiro atoms. The maximum Gasteiger partial charge on any atom is 0.253 e. The molecule has 0 unspecified atom stereocenters. The lowest BCUT2D eigenvalue weighted by molar-refractivity contribution is -0.122. The van der Waals surface area contributed by atoms with Crippen LogP contribution >= 0.6 is 0 Å². The second-order valence-corrected chi connectivity index (χ2v) is 6.19. The number of rotatable bonds is 8. The molecule has 138 valence electrons. The summed E-state index contributed by atoms with van der Waals surface area (Å²) in [4.78, 5) is 26.2. The first-order valence-electron chi connectivity index (χ1n) is 9.00. The van der Waals surface area contributed by atoms with Crippen LogP contribution in [-0.4, -0.2) is 35.8 Å². The second kappa shape index (κ2) is 9.73. The third kappa shape index (κ3) is 5.43. The summed E-state index contributed by atoms with van der Waals surface area (Å²) in [6, 6.07) is 16.4. The average Bonchev–Trinajstić information content (AvgIpc) is 2.68. The van der Waals surface area contributed by atoms with Gasteiger partial charge in [0.15, 0.2) is 0 Å². The summed E-state index contributed by atoms with van der Waals surface area (Å²) in [5.74, 6) is -0.160. The summed E-state index contributed by atoms with van der Waals surface area (Å²) in [6.07, 6.45) is 0.504. The molecule has 2 aromatic carbocycles. The van der Waals surface area contributed by atoms with E-state index in [1.165, 1.54) is 0 Å². The standard InChI is InChI=1S/C21H27N3O2/c1-3-24(4-2)21(26)18-12-10-17(11-13-18)15-23-20(25)19(22)14-16-8-6-5-7-9-16/h5-13,19H,3-4,14-15,22H2,1-2H3,(H,23,25)/t19-/m0/s1. The fourth-order valence-electron chi connectivity index (χ4n) is 2.74. The number of amides is 2. The van der Waals surface area contributed by atoms with E-state index in [-0.39, 0.29) is 11.8 Å². The van der Waals surface area contributed by atoms with Crippen LogP contribution in [0.15, 0.2) is 54.6 Å². The van der Waals surface area contributed by atoms with E-state index in [1.54, 1.807) is 17.0 Å². The van der Waals surface area contributed by atoms with Crippen LogP contribution in [0.3, 0.4) is 0 Å². The average molecular weight is 353 g/mol. The zero-order valence-corrected chi connectivity index (χ0v) is 15.4. The van der Waals surface area contributed by atoms with Crippen LogP contribution < -0.4 is 11.1 Å². The Labute approximate surface area is 155 Å². The van der Waals surface area contributed by atoms with Crippen LogP contribution in [0.1, 0.15) is 35.3 Å². The van der Waals surface area contributed by atoms with E-state index in [1.807, 2.05) is 56.3 Å². The van der Waals surface area contributed by atoms with Crippen molar-refractivity contribution in [1.29, 1.82) is 0 Å². The fraction of sp³-hybridized carbons (Fsp3) is 0.333. The zero-order valence-electron chi connectivity index (χ0n) is 15.4. The molecule has 0 radical (unpaired) electrons. The summed E-state index contributed by atoms with van der Waals surface area (Å²) in [5.41, 5.74) is 8.60. The van der Waals surface area contributed by atoms with Crippen molar-refractivity contribution in [1.82, 2.24) is 10.2 Å². The van der Waals surface area contributed by atoms with E-state index < -0.39 is 6.04 Å². The third-order valence-corrected chi connectivity index (χ3v) is 4.35. The number of nitrogens with zero attached hydrogens (tertiary/aromatic N) is 1. The monoisotopic (exact) mass is 353 g/mol. The second-order valence-electron chi connectivity index (χ2n) is 6.19. The highest BCUT2D eigenvalue weighted by molar-refractivity contribution is 5.94. The van der Waals surface area contributed by atoms with E-state index >= 15 is 0 Å². The molecular weight excluding hydrogens is 326 g/mol. The maximum absolute atomic E-state index is 12.3. The smallest absolute Gasteiger partial charge is 0.253 e. The Kier molecular flexibility index (Phi) is 7.36. The topological polar surface area (TPSA) is 75.4 Å². The first kappa shape index (κ1) is 19.7. The van der Waals surface area contributed by atoms with E-state index in [4.69, 9.17) is 5.73 Å². The predicted octanol–water partition coefficient (Wildman–Crippen LogP) is 2.35. The zero-order chi connectivity index (χ0) is 18.9. The molecular formula is C21H27N3O2. The SMILES string of the molecule is CCN(CC)C(=O)c1ccc(CNC(=O)[C@@H](N)Cc2ccccc2)cc1. The summed E-state index contributed by atoms with van der Waals surface area (Å²) in [6.45, 7) is 5.69. The lowest BCUT2D eigenvalue weighted by Crippen LogP contribution is -2.41. The quantitative estimate of drug-likeness (QED) is 0.765. The molecule has 0 bridgehead atoms. The van der Waals surface area contributed by atoms with E-state index in [0.717, 1.165) is 11.1 Å². The molecule has 0 aromatic heterocycles. The van der Waals surface area contributed by atoms with Crippen LogP contribution in [-0.2, 0) is 17.8 Å². The summed E-state index contributed by atoms with van der Waals surface area (Å²) in [7, 11) is 0. The molecule has 5 heteroatoms. The van der Waals surface area contributed by atoms with Crippen molar-refractivity contribution in [2.45, 2.75) is 32.9 Å². The van der Waals surface area contributed by atoms with Gasteiger partial charge in [-0.1, -0.05) is 42.5 Å². The Hall–Kier alpha value is -2.66. The van der Waals surface area contributed by atoms with Crippen LogP contribution in [0, 0.1) is 0 Å². The van der Waals surface area contributed by atoms with Gasteiger partial charge in [-0.2, -0.15) is 0 Å². The molecule has 2 amide bonds. The van der Waals surface area contributed by atoms with Gasteiger partial charge in [0.2, 0.25) is 5.91 Å². The fourth-order valence-corrected chi connectivity index (χ4v) is 2.74. The van der Waals surface area contributed by atoms with E-state index in [9.17, 15) is 9.59 Å². The van der Waals surface area contributed by atoms with Crippen molar-refractivity contribution in [3.8, 4) is 0 Å². The largest absolute Gasteiger partial charge is 0.351 e. The lowest BCUT2D eigenvalue weighted by atomic mass is 10.1. The first-order valence-corrected chi connectivity index (χ1v) is 9.00. The third-order valence-electron chi connectivity index (χ3n) is 4.35. The summed E-state index contributed by atoms with van der Waals surface area (Å²) < 4.78 is 0. The van der Waals surface area contributed by atoms with Gasteiger partial charge in [0.1, 0.15) is 0 Å². The molecule has 26 heavy (non-hydrogen) atoms. The van der Waals surface area contributed by atoms with Crippen molar-refractivity contribution >= 4 is 11.8 Å². The summed E-state index contributed by atoms with van der Waals surface area (Å²) in [5, 5.41) is 2.85. The van der Waals surface area contributed by atoms with Crippen LogP contribution in [0.5, 0.6) is 0 Å². The van der Waals surface area contributed by atoms with Crippen LogP contribution in [0.4, 0.5) is 0 Å². The van der Waals surface area contributed by atoms with Crippen molar-refractivity contribution in [3.05, 3.63) is 71.3 Å². The Bertz CT molecular complexity index is 710. The van der Waals surface area contributed by atoms with Gasteiger partial charge in [-0.25, -0.2) is 0 Å². The minimum atomic E-state index is -0.582. The highest BCUT2D eigenvalue weighted by Crippen LogP contribution is 2.08. The molecule has 3 N–H and O–H groups in total. The van der Waals surface area contributed by atoms with Gasteiger partial charge >= 0.3 is 0 Å². The Morgan fingerprint density at radius 3 is 2.15 bits per heavy atom. The first-order chi connectivity index (χ1) is 12.5. The van der Waals surface area contributed by atoms with Crippen LogP contribution in [0.2, 0.25) is 0 Å². The lowest BCUT2D eigenvalue weighted by Gasteiger charge is -2.18. The van der Waals surface area contributed by atoms with Gasteiger partial charge in [-0.3, -0.25) is 9.59 Å². The molecule has 0 heterocycles. The molecule has 0 aliphatic carbocycles. The normalized spacial score (nSPS) is 11.7. The van der Waals surface area contributed by atoms with Gasteiger partial charge < -0.3 is 16.0 Å². The number of nitrogens with two attached hydrogens (primary N) is 1. The minimum Gasteiger partial charge on any atom is -0.351 e. The van der Waals surface area contributed by atoms with Gasteiger partial charge in [-0.05, 0) is 43.5 Å². The molecule has 0 saturated heterocycles. The Morgan fingerprint density at radius 1 is 0.962 bits per heavy atom. The van der Waals surface area contributed by atoms with E-state index in [0.29, 0.717) is 31.6 Å². The molecule has 2 rings (SSSR count). The predicted molar refractivity (Wildman–Crippen MR) is 104 cm³/mol. The number of hydrogen-bond acceptors (Lipinski definition) is 3. The number of benzene rings is 2. The Morgan fingerprint density at radius 2 is 1.58 bits per heavy atom. The minimum absolute atomic E-state index is 0.0236. The highest BCUT2D eigenvalue weighted by atomic mass is 16.2. The molecule has 0 saturated carbocycles. The summed E-state index contributed by atoms with van der Waals surface area (Å²) >= 11 is 0. The Balaban J connectivity index is 1.87. The molecule has 1 atom stereocenters. The van der Waals surface area contributed by atoms with Gasteiger partial charge in [0.05, 0.1) is 6.04 Å². The number of carbonyl (C=O) groups excluding carboxylic acids is 2. The van der Waals surface area contributed by atoms with Gasteiger partial charge in [0, 0.05) is 25.2 Å². The molecule has 0 aliphatic heterocycles. The van der Waals surface area contributed by atoms with Crippen LogP contribution in [0.25, 0.3) is 0 Å². The van der Waals surface area contributed by atoms with Crippen molar-refractivity contribution in [2.75, 3.05) is 13.1 Å². The van der Waals surface area contributed by atoms with Crippen molar-refractivity contribution < 1.29 is 9.59 Å². The molecule has 2 aromatic rings. The van der Waals surface area contributed by atoms with E-state index in [2.05, 4.69) is 5.32 Å². The van der Waals surface area contributed by atoms with Gasteiger partial charge in [0.25, 0.3) is 5.91 Å². The number of nitrogens with one attached hydrogen (secondary N) is 1. The highest BCUT2D eigenvalue weighted by Gasteiger charge is 2.14. The number of hydrogen-bond donors (Lipinski definition) is 2. The van der Waals surface area contributed by atoms with Crippen molar-refractivity contribution in [3.63, 3.8) is 0 Å². The molecule has 0 fully saturated rings. The van der Waals surface area contributed by atoms with Gasteiger partial charge in [-0.15, -0.1) is 0 Å². The maximum atomic E-state index is 12.3. The molecule has 5 nitrogen and oxygen atoms in total. The van der Waals surface area contributed by atoms with Crippen molar-refractivity contribution in [2.24, 2.45) is 5.73 Å². The molecule has 0 aliphatic rings. The number of carbonyl (C=O) groups is 2.